The van der Waals surface area contributed by atoms with Crippen molar-refractivity contribution in [2.24, 2.45) is 0 Å². The molecule has 1 aliphatic rings. The lowest BCUT2D eigenvalue weighted by atomic mass is 9.93. The lowest BCUT2D eigenvalue weighted by Gasteiger charge is -2.32. The molecule has 4 rings (SSSR count). The first kappa shape index (κ1) is 21.2. The van der Waals surface area contributed by atoms with Crippen LogP contribution in [-0.4, -0.2) is 46.1 Å². The molecule has 0 fully saturated rings. The summed E-state index contributed by atoms with van der Waals surface area (Å²) < 4.78 is 7.37. The Morgan fingerprint density at radius 3 is 2.52 bits per heavy atom. The maximum Gasteiger partial charge on any atom is 0.339 e. The van der Waals surface area contributed by atoms with Crippen LogP contribution in [0.2, 0.25) is 0 Å². The number of rotatable bonds is 4. The maximum atomic E-state index is 13.4. The van der Waals surface area contributed by atoms with E-state index in [9.17, 15) is 14.7 Å². The van der Waals surface area contributed by atoms with Crippen LogP contribution in [0.5, 0.6) is 5.75 Å². The first-order chi connectivity index (χ1) is 14.6. The van der Waals surface area contributed by atoms with Crippen molar-refractivity contribution in [3.63, 3.8) is 0 Å². The SMILES string of the molecule is COc1cc2c(cc1C(=O)O)-c1c(-c3cccs3)cc(C(=O)N(C)C(C)(C)C)n1CC2. The van der Waals surface area contributed by atoms with E-state index in [1.807, 2.05) is 62.0 Å². The van der Waals surface area contributed by atoms with Crippen molar-refractivity contribution < 1.29 is 19.4 Å². The predicted octanol–water partition coefficient (Wildman–Crippen LogP) is 5.02. The number of ether oxygens (including phenoxy) is 1. The van der Waals surface area contributed by atoms with Gasteiger partial charge in [-0.2, -0.15) is 0 Å². The Labute approximate surface area is 185 Å². The van der Waals surface area contributed by atoms with Gasteiger partial charge < -0.3 is 19.3 Å². The molecule has 6 nitrogen and oxygen atoms in total. The van der Waals surface area contributed by atoms with Crippen molar-refractivity contribution in [1.29, 1.82) is 0 Å². The third-order valence-electron chi connectivity index (χ3n) is 5.93. The van der Waals surface area contributed by atoms with E-state index >= 15 is 0 Å². The Morgan fingerprint density at radius 2 is 1.94 bits per heavy atom. The molecule has 0 bridgehead atoms. The van der Waals surface area contributed by atoms with E-state index in [4.69, 9.17) is 4.74 Å². The second-order valence-corrected chi connectivity index (χ2v) is 9.67. The summed E-state index contributed by atoms with van der Waals surface area (Å²) in [5.41, 5.74) is 4.12. The molecule has 0 saturated heterocycles. The van der Waals surface area contributed by atoms with Crippen LogP contribution in [0, 0.1) is 0 Å². The maximum absolute atomic E-state index is 13.4. The Balaban J connectivity index is 1.98. The smallest absolute Gasteiger partial charge is 0.339 e. The molecule has 0 spiro atoms. The van der Waals surface area contributed by atoms with Crippen LogP contribution in [-0.2, 0) is 13.0 Å². The van der Waals surface area contributed by atoms with Gasteiger partial charge in [0.1, 0.15) is 17.0 Å². The average molecular weight is 439 g/mol. The van der Waals surface area contributed by atoms with Gasteiger partial charge >= 0.3 is 5.97 Å². The number of aromatic nitrogens is 1. The van der Waals surface area contributed by atoms with Gasteiger partial charge in [-0.15, -0.1) is 11.3 Å². The number of hydrogen-bond acceptors (Lipinski definition) is 4. The van der Waals surface area contributed by atoms with Gasteiger partial charge in [0.15, 0.2) is 0 Å². The standard InChI is InChI=1S/C24H26N2O4S/c1-24(2,3)25(4)22(27)18-13-17(20-7-6-10-31-20)21-15-12-16(23(28)29)19(30-5)11-14(15)8-9-26(18)21/h6-7,10-13H,8-9H2,1-5H3,(H,28,29). The Kier molecular flexibility index (Phi) is 5.17. The molecule has 162 valence electrons. The zero-order valence-corrected chi connectivity index (χ0v) is 19.2. The molecular weight excluding hydrogens is 412 g/mol. The lowest BCUT2D eigenvalue weighted by Crippen LogP contribution is -2.43. The fraction of sp³-hybridized carbons (Fsp3) is 0.333. The molecule has 1 amide bonds. The predicted molar refractivity (Wildman–Crippen MR) is 122 cm³/mol. The number of thiophene rings is 1. The number of carbonyl (C=O) groups excluding carboxylic acids is 1. The van der Waals surface area contributed by atoms with Crippen LogP contribution in [0.15, 0.2) is 35.7 Å². The summed E-state index contributed by atoms with van der Waals surface area (Å²) >= 11 is 1.60. The van der Waals surface area contributed by atoms with Crippen molar-refractivity contribution in [3.8, 4) is 27.4 Å². The molecule has 0 atom stereocenters. The summed E-state index contributed by atoms with van der Waals surface area (Å²) in [4.78, 5) is 28.1. The monoisotopic (exact) mass is 438 g/mol. The molecule has 0 unspecified atom stereocenters. The molecular formula is C24H26N2O4S. The molecule has 1 N–H and O–H groups in total. The van der Waals surface area contributed by atoms with Gasteiger partial charge in [0.05, 0.1) is 12.8 Å². The van der Waals surface area contributed by atoms with Crippen LogP contribution < -0.4 is 4.74 Å². The molecule has 2 aromatic heterocycles. The summed E-state index contributed by atoms with van der Waals surface area (Å²) in [5.74, 6) is -0.732. The number of carbonyl (C=O) groups is 2. The summed E-state index contributed by atoms with van der Waals surface area (Å²) in [7, 11) is 3.30. The molecule has 3 aromatic rings. The second kappa shape index (κ2) is 7.57. The third-order valence-corrected chi connectivity index (χ3v) is 6.83. The fourth-order valence-corrected chi connectivity index (χ4v) is 4.71. The van der Waals surface area contributed by atoms with Crippen LogP contribution in [0.25, 0.3) is 21.7 Å². The number of nitrogens with zero attached hydrogens (tertiary/aromatic N) is 2. The molecule has 1 aliphatic heterocycles. The number of benzene rings is 1. The Bertz CT molecular complexity index is 1170. The van der Waals surface area contributed by atoms with E-state index in [1.54, 1.807) is 22.3 Å². The van der Waals surface area contributed by atoms with Crippen LogP contribution in [0.4, 0.5) is 0 Å². The molecule has 3 heterocycles. The topological polar surface area (TPSA) is 71.8 Å². The molecule has 31 heavy (non-hydrogen) atoms. The zero-order chi connectivity index (χ0) is 22.5. The van der Waals surface area contributed by atoms with Gasteiger partial charge in [-0.25, -0.2) is 4.79 Å². The molecule has 0 aliphatic carbocycles. The van der Waals surface area contributed by atoms with Crippen molar-refractivity contribution in [3.05, 3.63) is 52.5 Å². The number of hydrogen-bond donors (Lipinski definition) is 1. The Hall–Kier alpha value is -3.06. The van der Waals surface area contributed by atoms with Gasteiger partial charge in [0.25, 0.3) is 5.91 Å². The normalized spacial score (nSPS) is 12.8. The van der Waals surface area contributed by atoms with E-state index in [0.717, 1.165) is 27.3 Å². The second-order valence-electron chi connectivity index (χ2n) is 8.72. The van der Waals surface area contributed by atoms with Gasteiger partial charge in [-0.05, 0) is 62.4 Å². The van der Waals surface area contributed by atoms with Crippen molar-refractivity contribution in [2.45, 2.75) is 39.3 Å². The largest absolute Gasteiger partial charge is 0.496 e. The lowest BCUT2D eigenvalue weighted by molar-refractivity contribution is 0.0642. The highest BCUT2D eigenvalue weighted by Crippen LogP contribution is 2.43. The minimum atomic E-state index is -1.04. The summed E-state index contributed by atoms with van der Waals surface area (Å²) in [6.45, 7) is 6.66. The quantitative estimate of drug-likeness (QED) is 0.621. The molecule has 0 radical (unpaired) electrons. The number of carboxylic acid groups (broad SMARTS) is 1. The van der Waals surface area contributed by atoms with Crippen LogP contribution >= 0.6 is 11.3 Å². The van der Waals surface area contributed by atoms with Gasteiger partial charge in [-0.3, -0.25) is 4.79 Å². The Morgan fingerprint density at radius 1 is 1.19 bits per heavy atom. The van der Waals surface area contributed by atoms with Crippen molar-refractivity contribution in [2.75, 3.05) is 14.2 Å². The number of aromatic carboxylic acids is 1. The minimum Gasteiger partial charge on any atom is -0.496 e. The summed E-state index contributed by atoms with van der Waals surface area (Å²) in [5, 5.41) is 11.7. The van der Waals surface area contributed by atoms with Gasteiger partial charge in [0.2, 0.25) is 0 Å². The average Bonchev–Trinajstić information content (AvgIpc) is 3.38. The zero-order valence-electron chi connectivity index (χ0n) is 18.4. The van der Waals surface area contributed by atoms with E-state index < -0.39 is 5.97 Å². The van der Waals surface area contributed by atoms with Crippen LogP contribution in [0.1, 0.15) is 47.2 Å². The van der Waals surface area contributed by atoms with E-state index in [-0.39, 0.29) is 17.0 Å². The highest BCUT2D eigenvalue weighted by molar-refractivity contribution is 7.13. The fourth-order valence-electron chi connectivity index (χ4n) is 3.96. The van der Waals surface area contributed by atoms with Gasteiger partial charge in [-0.1, -0.05) is 6.07 Å². The first-order valence-electron chi connectivity index (χ1n) is 10.1. The number of fused-ring (bicyclic) bond motifs is 3. The van der Waals surface area contributed by atoms with Gasteiger partial charge in [0, 0.05) is 35.1 Å². The van der Waals surface area contributed by atoms with Crippen molar-refractivity contribution in [1.82, 2.24) is 9.47 Å². The molecule has 0 saturated carbocycles. The van der Waals surface area contributed by atoms with Crippen LogP contribution in [0.3, 0.4) is 0 Å². The minimum absolute atomic E-state index is 0.0491. The summed E-state index contributed by atoms with van der Waals surface area (Å²) in [6.07, 6.45) is 0.691. The number of methoxy groups -OCH3 is 1. The number of aryl methyl sites for hydroxylation is 1. The third kappa shape index (κ3) is 3.53. The summed E-state index contributed by atoms with van der Waals surface area (Å²) in [6, 6.07) is 9.45. The van der Waals surface area contributed by atoms with Crippen molar-refractivity contribution >= 4 is 23.2 Å². The number of amides is 1. The molecule has 1 aromatic carbocycles. The van der Waals surface area contributed by atoms with E-state index in [2.05, 4.69) is 0 Å². The highest BCUT2D eigenvalue weighted by Gasteiger charge is 2.32. The van der Waals surface area contributed by atoms with E-state index in [1.165, 1.54) is 7.11 Å². The first-order valence-corrected chi connectivity index (χ1v) is 11.0. The number of carboxylic acids is 1. The van der Waals surface area contributed by atoms with E-state index in [0.29, 0.717) is 24.4 Å². The highest BCUT2D eigenvalue weighted by atomic mass is 32.1. The molecule has 7 heteroatoms.